The maximum absolute atomic E-state index is 12.7. The third-order valence-corrected chi connectivity index (χ3v) is 6.46. The number of amides is 1. The van der Waals surface area contributed by atoms with Gasteiger partial charge in [-0.3, -0.25) is 4.79 Å². The van der Waals surface area contributed by atoms with Gasteiger partial charge in [0.1, 0.15) is 16.2 Å². The van der Waals surface area contributed by atoms with Gasteiger partial charge in [0.25, 0.3) is 0 Å². The summed E-state index contributed by atoms with van der Waals surface area (Å²) < 4.78 is 6.73. The van der Waals surface area contributed by atoms with Gasteiger partial charge in [0, 0.05) is 18.7 Å². The van der Waals surface area contributed by atoms with Gasteiger partial charge in [0.05, 0.1) is 27.7 Å². The Balaban J connectivity index is 1.56. The van der Waals surface area contributed by atoms with E-state index < -0.39 is 0 Å². The number of thioether (sulfide) groups is 1. The van der Waals surface area contributed by atoms with Crippen molar-refractivity contribution in [3.63, 3.8) is 0 Å². The van der Waals surface area contributed by atoms with Crippen molar-refractivity contribution in [3.8, 4) is 11.3 Å². The number of hydrogen-bond acceptors (Lipinski definition) is 7. The second-order valence-corrected chi connectivity index (χ2v) is 9.14. The number of ether oxygens (including phenoxy) is 1. The first-order valence-electron chi connectivity index (χ1n) is 9.26. The van der Waals surface area contributed by atoms with Crippen LogP contribution in [0.5, 0.6) is 0 Å². The van der Waals surface area contributed by atoms with Gasteiger partial charge in [-0.1, -0.05) is 42.1 Å². The largest absolute Gasteiger partial charge is 0.372 e. The normalized spacial score (nSPS) is 19.9. The minimum atomic E-state index is 0.0653. The molecule has 3 heterocycles. The van der Waals surface area contributed by atoms with E-state index in [0.717, 1.165) is 26.5 Å². The van der Waals surface area contributed by atoms with Crippen LogP contribution in [0.3, 0.4) is 0 Å². The molecule has 1 aromatic carbocycles. The Morgan fingerprint density at radius 3 is 2.64 bits per heavy atom. The Kier molecular flexibility index (Phi) is 5.61. The van der Waals surface area contributed by atoms with Gasteiger partial charge < -0.3 is 9.64 Å². The highest BCUT2D eigenvalue weighted by Gasteiger charge is 2.26. The fourth-order valence-electron chi connectivity index (χ4n) is 3.41. The average molecular weight is 415 g/mol. The van der Waals surface area contributed by atoms with Crippen molar-refractivity contribution >= 4 is 39.2 Å². The van der Waals surface area contributed by atoms with E-state index in [2.05, 4.69) is 15.2 Å². The highest BCUT2D eigenvalue weighted by Crippen LogP contribution is 2.35. The first-order chi connectivity index (χ1) is 13.5. The first-order valence-corrected chi connectivity index (χ1v) is 11.1. The van der Waals surface area contributed by atoms with E-state index in [1.165, 1.54) is 11.8 Å². The number of nitrogens with zero attached hydrogens (tertiary/aromatic N) is 4. The lowest BCUT2D eigenvalue weighted by Crippen LogP contribution is -2.48. The molecule has 28 heavy (non-hydrogen) atoms. The summed E-state index contributed by atoms with van der Waals surface area (Å²) in [6.45, 7) is 7.24. The number of morpholine rings is 1. The van der Waals surface area contributed by atoms with Crippen molar-refractivity contribution in [2.75, 3.05) is 18.8 Å². The Morgan fingerprint density at radius 2 is 1.93 bits per heavy atom. The van der Waals surface area contributed by atoms with E-state index >= 15 is 0 Å². The number of rotatable bonds is 4. The molecule has 2 atom stereocenters. The average Bonchev–Trinajstić information content (AvgIpc) is 3.07. The van der Waals surface area contributed by atoms with Crippen LogP contribution >= 0.6 is 23.1 Å². The van der Waals surface area contributed by atoms with Crippen LogP contribution in [0.1, 0.15) is 18.9 Å². The number of hydrogen-bond donors (Lipinski definition) is 0. The van der Waals surface area contributed by atoms with Crippen molar-refractivity contribution in [2.24, 2.45) is 0 Å². The predicted molar refractivity (Wildman–Crippen MR) is 113 cm³/mol. The zero-order chi connectivity index (χ0) is 19.7. The summed E-state index contributed by atoms with van der Waals surface area (Å²) in [7, 11) is 0. The fraction of sp³-hybridized carbons (Fsp3) is 0.400. The Hall–Kier alpha value is -2.03. The van der Waals surface area contributed by atoms with Crippen molar-refractivity contribution in [2.45, 2.75) is 38.0 Å². The van der Waals surface area contributed by atoms with E-state index in [0.29, 0.717) is 23.9 Å². The van der Waals surface area contributed by atoms with Gasteiger partial charge in [-0.05, 0) is 20.8 Å². The maximum atomic E-state index is 12.7. The summed E-state index contributed by atoms with van der Waals surface area (Å²) >= 11 is 3.02. The highest BCUT2D eigenvalue weighted by atomic mass is 32.2. The molecule has 146 valence electrons. The van der Waals surface area contributed by atoms with Gasteiger partial charge in [-0.25, -0.2) is 4.98 Å². The smallest absolute Gasteiger partial charge is 0.233 e. The van der Waals surface area contributed by atoms with Crippen LogP contribution < -0.4 is 0 Å². The molecule has 2 aromatic heterocycles. The number of aryl methyl sites for hydroxylation is 1. The second kappa shape index (κ2) is 8.14. The first kappa shape index (κ1) is 19.3. The van der Waals surface area contributed by atoms with E-state index in [1.54, 1.807) is 11.3 Å². The third-order valence-electron chi connectivity index (χ3n) is 4.54. The molecule has 0 spiro atoms. The van der Waals surface area contributed by atoms with E-state index in [-0.39, 0.29) is 18.1 Å². The molecule has 2 unspecified atom stereocenters. The molecule has 1 amide bonds. The lowest BCUT2D eigenvalue weighted by atomic mass is 10.1. The highest BCUT2D eigenvalue weighted by molar-refractivity contribution is 8.00. The molecule has 0 bridgehead atoms. The number of thiazole rings is 1. The van der Waals surface area contributed by atoms with Crippen LogP contribution in [-0.2, 0) is 9.53 Å². The number of benzene rings is 1. The van der Waals surface area contributed by atoms with Crippen molar-refractivity contribution in [1.29, 1.82) is 0 Å². The standard InChI is InChI=1S/C20H22N4O2S2/c1-12-9-24(10-13(2)26-12)16(25)11-27-20-18-19(28-14(3)21-18)17(22-23-20)15-7-5-4-6-8-15/h4-8,12-13H,9-11H2,1-3H3. The Morgan fingerprint density at radius 1 is 1.21 bits per heavy atom. The van der Waals surface area contributed by atoms with Crippen molar-refractivity contribution in [3.05, 3.63) is 35.3 Å². The molecule has 1 aliphatic heterocycles. The molecule has 0 aliphatic carbocycles. The SMILES string of the molecule is Cc1nc2c(SCC(=O)N3CC(C)OC(C)C3)nnc(-c3ccccc3)c2s1. The van der Waals surface area contributed by atoms with E-state index in [1.807, 2.05) is 56.0 Å². The van der Waals surface area contributed by atoms with E-state index in [4.69, 9.17) is 4.74 Å². The summed E-state index contributed by atoms with van der Waals surface area (Å²) in [5.74, 6) is 0.422. The zero-order valence-corrected chi connectivity index (χ0v) is 17.7. The molecule has 1 aliphatic rings. The lowest BCUT2D eigenvalue weighted by Gasteiger charge is -2.35. The fourth-order valence-corrected chi connectivity index (χ4v) is 5.22. The van der Waals surface area contributed by atoms with Crippen LogP contribution in [0.4, 0.5) is 0 Å². The second-order valence-electron chi connectivity index (χ2n) is 6.98. The maximum Gasteiger partial charge on any atom is 0.233 e. The molecule has 8 heteroatoms. The molecular formula is C20H22N4O2S2. The quantitative estimate of drug-likeness (QED) is 0.605. The summed E-state index contributed by atoms with van der Waals surface area (Å²) in [4.78, 5) is 19.2. The molecule has 6 nitrogen and oxygen atoms in total. The predicted octanol–water partition coefficient (Wildman–Crippen LogP) is 3.79. The van der Waals surface area contributed by atoms with Gasteiger partial charge in [0.15, 0.2) is 0 Å². The van der Waals surface area contributed by atoms with Crippen LogP contribution in [-0.4, -0.2) is 57.0 Å². The van der Waals surface area contributed by atoms with Gasteiger partial charge in [-0.2, -0.15) is 0 Å². The molecule has 1 saturated heterocycles. The molecule has 3 aromatic rings. The van der Waals surface area contributed by atoms with Crippen molar-refractivity contribution in [1.82, 2.24) is 20.1 Å². The Bertz CT molecular complexity index is 983. The summed E-state index contributed by atoms with van der Waals surface area (Å²) in [5.41, 5.74) is 2.69. The minimum absolute atomic E-state index is 0.0653. The molecule has 0 N–H and O–H groups in total. The van der Waals surface area contributed by atoms with E-state index in [9.17, 15) is 4.79 Å². The molecule has 4 rings (SSSR count). The minimum Gasteiger partial charge on any atom is -0.372 e. The monoisotopic (exact) mass is 414 g/mol. The molecule has 1 fully saturated rings. The lowest BCUT2D eigenvalue weighted by molar-refractivity contribution is -0.140. The molecular weight excluding hydrogens is 392 g/mol. The Labute approximate surface area is 172 Å². The summed E-state index contributed by atoms with van der Waals surface area (Å²) in [6, 6.07) is 10.0. The number of carbonyl (C=O) groups excluding carboxylic acids is 1. The number of carbonyl (C=O) groups is 1. The van der Waals surface area contributed by atoms with Crippen LogP contribution in [0.2, 0.25) is 0 Å². The molecule has 0 saturated carbocycles. The van der Waals surface area contributed by atoms with Gasteiger partial charge in [0.2, 0.25) is 5.91 Å². The van der Waals surface area contributed by atoms with Crippen LogP contribution in [0.25, 0.3) is 21.5 Å². The van der Waals surface area contributed by atoms with Crippen LogP contribution in [0.15, 0.2) is 35.4 Å². The zero-order valence-electron chi connectivity index (χ0n) is 16.1. The van der Waals surface area contributed by atoms with Gasteiger partial charge in [-0.15, -0.1) is 21.5 Å². The van der Waals surface area contributed by atoms with Crippen molar-refractivity contribution < 1.29 is 9.53 Å². The number of fused-ring (bicyclic) bond motifs is 1. The molecule has 0 radical (unpaired) electrons. The number of aromatic nitrogens is 3. The third kappa shape index (κ3) is 4.04. The van der Waals surface area contributed by atoms with Gasteiger partial charge >= 0.3 is 0 Å². The summed E-state index contributed by atoms with van der Waals surface area (Å²) in [5, 5.41) is 10.5. The summed E-state index contributed by atoms with van der Waals surface area (Å²) in [6.07, 6.45) is 0.131. The topological polar surface area (TPSA) is 68.2 Å². The van der Waals surface area contributed by atoms with Crippen LogP contribution in [0, 0.1) is 6.92 Å².